The first kappa shape index (κ1) is 12.5. The second-order valence-electron chi connectivity index (χ2n) is 5.65. The third-order valence-electron chi connectivity index (χ3n) is 3.40. The molecule has 1 saturated heterocycles. The van der Waals surface area contributed by atoms with Crippen LogP contribution in [-0.4, -0.2) is 48.4 Å². The topological polar surface area (TPSA) is 23.6 Å². The first-order valence-corrected chi connectivity index (χ1v) is 5.78. The van der Waals surface area contributed by atoms with Gasteiger partial charge in [0.15, 0.2) is 0 Å². The van der Waals surface area contributed by atoms with Gasteiger partial charge in [0.25, 0.3) is 0 Å². The molecule has 0 aromatic heterocycles. The van der Waals surface area contributed by atoms with Crippen LogP contribution in [0.3, 0.4) is 0 Å². The number of hydrogen-bond acceptors (Lipinski definition) is 2. The van der Waals surface area contributed by atoms with Gasteiger partial charge >= 0.3 is 0 Å². The number of nitrogens with zero attached hydrogens (tertiary/aromatic N) is 2. The van der Waals surface area contributed by atoms with Crippen LogP contribution in [0.15, 0.2) is 0 Å². The minimum Gasteiger partial charge on any atom is -0.341 e. The summed E-state index contributed by atoms with van der Waals surface area (Å²) in [5.41, 5.74) is -0.0551. The smallest absolute Gasteiger partial charge is 0.225 e. The number of amides is 1. The van der Waals surface area contributed by atoms with Crippen molar-refractivity contribution in [2.45, 2.75) is 39.2 Å². The van der Waals surface area contributed by atoms with Gasteiger partial charge in [-0.1, -0.05) is 0 Å². The Bertz CT molecular complexity index is 224. The molecule has 1 aliphatic rings. The van der Waals surface area contributed by atoms with Gasteiger partial charge in [0.1, 0.15) is 0 Å². The van der Waals surface area contributed by atoms with Crippen LogP contribution >= 0.6 is 0 Å². The Morgan fingerprint density at radius 3 is 2.13 bits per heavy atom. The molecule has 0 atom stereocenters. The summed E-state index contributed by atoms with van der Waals surface area (Å²) in [5.74, 6) is 0.557. The van der Waals surface area contributed by atoms with Gasteiger partial charge in [-0.3, -0.25) is 4.79 Å². The van der Waals surface area contributed by atoms with Crippen molar-refractivity contribution in [2.75, 3.05) is 27.2 Å². The van der Waals surface area contributed by atoms with Gasteiger partial charge in [0.2, 0.25) is 5.91 Å². The predicted octanol–water partition coefficient (Wildman–Crippen LogP) is 1.59. The lowest BCUT2D eigenvalue weighted by molar-refractivity contribution is -0.139. The van der Waals surface area contributed by atoms with E-state index >= 15 is 0 Å². The van der Waals surface area contributed by atoms with Gasteiger partial charge in [-0.25, -0.2) is 0 Å². The molecule has 0 saturated carbocycles. The van der Waals surface area contributed by atoms with Crippen molar-refractivity contribution >= 4 is 5.91 Å². The van der Waals surface area contributed by atoms with Crippen LogP contribution < -0.4 is 0 Å². The summed E-state index contributed by atoms with van der Waals surface area (Å²) >= 11 is 0. The minimum absolute atomic E-state index is 0.0551. The minimum atomic E-state index is -0.0551. The van der Waals surface area contributed by atoms with Gasteiger partial charge in [-0.15, -0.1) is 0 Å². The van der Waals surface area contributed by atoms with Crippen molar-refractivity contribution in [3.63, 3.8) is 0 Å². The zero-order valence-electron chi connectivity index (χ0n) is 10.7. The van der Waals surface area contributed by atoms with E-state index in [2.05, 4.69) is 32.7 Å². The molecule has 1 rings (SSSR count). The van der Waals surface area contributed by atoms with Crippen LogP contribution in [0, 0.1) is 5.92 Å². The summed E-state index contributed by atoms with van der Waals surface area (Å²) in [6.07, 6.45) is 2.02. The molecule has 0 aromatic carbocycles. The van der Waals surface area contributed by atoms with Crippen molar-refractivity contribution in [1.29, 1.82) is 0 Å². The Morgan fingerprint density at radius 1 is 1.27 bits per heavy atom. The summed E-state index contributed by atoms with van der Waals surface area (Å²) in [5, 5.41) is 0. The van der Waals surface area contributed by atoms with Crippen LogP contribution in [0.5, 0.6) is 0 Å². The lowest BCUT2D eigenvalue weighted by Crippen LogP contribution is -2.47. The molecule has 1 aliphatic heterocycles. The Morgan fingerprint density at radius 2 is 1.73 bits per heavy atom. The Labute approximate surface area is 93.4 Å². The lowest BCUT2D eigenvalue weighted by Gasteiger charge is -2.37. The SMILES string of the molecule is CN1CCC(C(=O)N(C)C(C)(C)C)CC1. The largest absolute Gasteiger partial charge is 0.341 e. The highest BCUT2D eigenvalue weighted by molar-refractivity contribution is 5.79. The van der Waals surface area contributed by atoms with E-state index in [1.165, 1.54) is 0 Å². The maximum absolute atomic E-state index is 12.2. The zero-order chi connectivity index (χ0) is 11.6. The summed E-state index contributed by atoms with van der Waals surface area (Å²) in [6, 6.07) is 0. The fourth-order valence-electron chi connectivity index (χ4n) is 1.86. The highest BCUT2D eigenvalue weighted by Gasteiger charge is 2.30. The van der Waals surface area contributed by atoms with E-state index < -0.39 is 0 Å². The van der Waals surface area contributed by atoms with Crippen molar-refractivity contribution in [3.8, 4) is 0 Å². The quantitative estimate of drug-likeness (QED) is 0.659. The molecule has 0 aromatic rings. The van der Waals surface area contributed by atoms with Crippen LogP contribution in [0.2, 0.25) is 0 Å². The molecule has 3 heteroatoms. The molecular formula is C12H24N2O. The van der Waals surface area contributed by atoms with Crippen molar-refractivity contribution in [2.24, 2.45) is 5.92 Å². The van der Waals surface area contributed by atoms with Gasteiger partial charge in [-0.05, 0) is 53.8 Å². The molecule has 0 spiro atoms. The first-order chi connectivity index (χ1) is 6.82. The highest BCUT2D eigenvalue weighted by atomic mass is 16.2. The molecule has 1 fully saturated rings. The van der Waals surface area contributed by atoms with Gasteiger partial charge in [-0.2, -0.15) is 0 Å². The van der Waals surface area contributed by atoms with Crippen molar-refractivity contribution in [1.82, 2.24) is 9.80 Å². The summed E-state index contributed by atoms with van der Waals surface area (Å²) in [4.78, 5) is 16.3. The monoisotopic (exact) mass is 212 g/mol. The van der Waals surface area contributed by atoms with E-state index in [1.54, 1.807) is 0 Å². The van der Waals surface area contributed by atoms with Crippen molar-refractivity contribution < 1.29 is 4.79 Å². The number of piperidine rings is 1. The Balaban J connectivity index is 2.54. The molecule has 15 heavy (non-hydrogen) atoms. The molecule has 0 N–H and O–H groups in total. The predicted molar refractivity (Wildman–Crippen MR) is 62.7 cm³/mol. The molecule has 3 nitrogen and oxygen atoms in total. The molecule has 0 aliphatic carbocycles. The molecule has 88 valence electrons. The van der Waals surface area contributed by atoms with E-state index in [-0.39, 0.29) is 11.5 Å². The standard InChI is InChI=1S/C12H24N2O/c1-12(2,3)14(5)11(15)10-6-8-13(4)9-7-10/h10H,6-9H2,1-5H3. The lowest BCUT2D eigenvalue weighted by atomic mass is 9.94. The molecule has 1 heterocycles. The van der Waals surface area contributed by atoms with Gasteiger partial charge in [0, 0.05) is 18.5 Å². The zero-order valence-corrected chi connectivity index (χ0v) is 10.7. The summed E-state index contributed by atoms with van der Waals surface area (Å²) < 4.78 is 0. The van der Waals surface area contributed by atoms with Gasteiger partial charge in [0.05, 0.1) is 0 Å². The second-order valence-corrected chi connectivity index (χ2v) is 5.65. The number of hydrogen-bond donors (Lipinski definition) is 0. The number of rotatable bonds is 1. The average Bonchev–Trinajstić information content (AvgIpc) is 2.15. The summed E-state index contributed by atoms with van der Waals surface area (Å²) in [7, 11) is 4.04. The number of likely N-dealkylation sites (tertiary alicyclic amines) is 1. The van der Waals surface area contributed by atoms with E-state index in [0.717, 1.165) is 25.9 Å². The number of carbonyl (C=O) groups excluding carboxylic acids is 1. The average molecular weight is 212 g/mol. The maximum atomic E-state index is 12.2. The Hall–Kier alpha value is -0.570. The molecule has 0 bridgehead atoms. The first-order valence-electron chi connectivity index (χ1n) is 5.78. The van der Waals surface area contributed by atoms with Crippen LogP contribution in [0.1, 0.15) is 33.6 Å². The van der Waals surface area contributed by atoms with E-state index in [4.69, 9.17) is 0 Å². The third kappa shape index (κ3) is 3.20. The van der Waals surface area contributed by atoms with E-state index in [9.17, 15) is 4.79 Å². The second kappa shape index (κ2) is 4.52. The third-order valence-corrected chi connectivity index (χ3v) is 3.40. The van der Waals surface area contributed by atoms with Crippen molar-refractivity contribution in [3.05, 3.63) is 0 Å². The van der Waals surface area contributed by atoms with Crippen LogP contribution in [0.4, 0.5) is 0 Å². The van der Waals surface area contributed by atoms with Gasteiger partial charge < -0.3 is 9.80 Å². The maximum Gasteiger partial charge on any atom is 0.225 e. The normalized spacial score (nSPS) is 20.3. The Kier molecular flexibility index (Phi) is 3.77. The van der Waals surface area contributed by atoms with Crippen LogP contribution in [-0.2, 0) is 4.79 Å². The highest BCUT2D eigenvalue weighted by Crippen LogP contribution is 2.21. The fraction of sp³-hybridized carbons (Fsp3) is 0.917. The fourth-order valence-corrected chi connectivity index (χ4v) is 1.86. The van der Waals surface area contributed by atoms with E-state index in [0.29, 0.717) is 5.91 Å². The molecule has 0 radical (unpaired) electrons. The van der Waals surface area contributed by atoms with E-state index in [1.807, 2.05) is 11.9 Å². The molecule has 1 amide bonds. The molecular weight excluding hydrogens is 188 g/mol. The molecule has 0 unspecified atom stereocenters. The summed E-state index contributed by atoms with van der Waals surface area (Å²) in [6.45, 7) is 8.35. The van der Waals surface area contributed by atoms with Crippen LogP contribution in [0.25, 0.3) is 0 Å². The number of carbonyl (C=O) groups is 1.